The van der Waals surface area contributed by atoms with E-state index >= 15 is 0 Å². The maximum Gasteiger partial charge on any atom is 0.303 e. The molecule has 0 bridgehead atoms. The molecule has 182 valence electrons. The molecule has 0 spiro atoms. The number of aliphatic imine (C=N–C) groups is 2. The summed E-state index contributed by atoms with van der Waals surface area (Å²) < 4.78 is 0. The van der Waals surface area contributed by atoms with Crippen LogP contribution in [0.15, 0.2) is 64.1 Å². The molecule has 0 saturated carbocycles. The zero-order valence-electron chi connectivity index (χ0n) is 20.4. The number of benzene rings is 1. The molecule has 2 N–H and O–H groups in total. The number of hydrogen-bond donors (Lipinski definition) is 2. The Morgan fingerprint density at radius 3 is 2.74 bits per heavy atom. The molecule has 0 heterocycles. The van der Waals surface area contributed by atoms with Gasteiger partial charge < -0.3 is 10.4 Å². The summed E-state index contributed by atoms with van der Waals surface area (Å²) in [4.78, 5) is 32.7. The number of carbonyl (C=O) groups excluding carboxylic acids is 1. The zero-order valence-corrected chi connectivity index (χ0v) is 20.4. The fraction of sp³-hybridized carbons (Fsp3) is 0.429. The van der Waals surface area contributed by atoms with Crippen LogP contribution in [0, 0.1) is 0 Å². The van der Waals surface area contributed by atoms with E-state index in [0.717, 1.165) is 32.1 Å². The van der Waals surface area contributed by atoms with E-state index in [9.17, 15) is 9.59 Å². The standard InChI is InChI=1S/C28H37N3O3/c1-3-5-6-7-10-18-29-25-17-16-23(21-26(25)30-19-11-8-9-15-27(32)33)28(34)31-24-14-12-13-22(4-2)20-24/h3,5-7,16-21,24H,4,8-15H2,1-2H3,(H,31,34)(H,32,33)/b5-3-,7-6-,29-18?,30-19?. The van der Waals surface area contributed by atoms with Gasteiger partial charge in [0.15, 0.2) is 0 Å². The molecule has 2 rings (SSSR count). The van der Waals surface area contributed by atoms with Crippen LogP contribution in [-0.4, -0.2) is 35.5 Å². The van der Waals surface area contributed by atoms with Crippen molar-refractivity contribution in [2.45, 2.75) is 77.7 Å². The lowest BCUT2D eigenvalue weighted by molar-refractivity contribution is -0.137. The highest BCUT2D eigenvalue weighted by Crippen LogP contribution is 2.29. The van der Waals surface area contributed by atoms with Crippen molar-refractivity contribution in [2.75, 3.05) is 0 Å². The number of unbranched alkanes of at least 4 members (excludes halogenated alkanes) is 2. The molecule has 0 aliphatic heterocycles. The highest BCUT2D eigenvalue weighted by molar-refractivity contribution is 5.96. The fourth-order valence-electron chi connectivity index (χ4n) is 3.69. The summed E-state index contributed by atoms with van der Waals surface area (Å²) in [5.41, 5.74) is 3.29. The summed E-state index contributed by atoms with van der Waals surface area (Å²) in [7, 11) is 0. The number of amides is 1. The van der Waals surface area contributed by atoms with Crippen LogP contribution < -0.4 is 5.32 Å². The molecule has 0 radical (unpaired) electrons. The van der Waals surface area contributed by atoms with E-state index in [1.807, 2.05) is 43.5 Å². The van der Waals surface area contributed by atoms with Crippen molar-refractivity contribution in [3.05, 3.63) is 59.7 Å². The maximum atomic E-state index is 12.9. The lowest BCUT2D eigenvalue weighted by Crippen LogP contribution is -2.34. The normalized spacial score (nSPS) is 16.6. The fourth-order valence-corrected chi connectivity index (χ4v) is 3.69. The first-order valence-electron chi connectivity index (χ1n) is 12.2. The van der Waals surface area contributed by atoms with Gasteiger partial charge in [0.05, 0.1) is 11.4 Å². The number of nitrogens with one attached hydrogen (secondary N) is 1. The second-order valence-electron chi connectivity index (χ2n) is 8.31. The highest BCUT2D eigenvalue weighted by atomic mass is 16.4. The Bertz CT molecular complexity index is 958. The van der Waals surface area contributed by atoms with Crippen LogP contribution in [0.3, 0.4) is 0 Å². The minimum atomic E-state index is -0.783. The molecule has 0 saturated heterocycles. The van der Waals surface area contributed by atoms with Crippen molar-refractivity contribution in [3.8, 4) is 0 Å². The second kappa shape index (κ2) is 15.5. The summed E-state index contributed by atoms with van der Waals surface area (Å²) >= 11 is 0. The van der Waals surface area contributed by atoms with Crippen molar-refractivity contribution in [1.29, 1.82) is 0 Å². The number of allylic oxidation sites excluding steroid dienone is 5. The maximum absolute atomic E-state index is 12.9. The SMILES string of the molecule is C/C=C\C=C/CC=Nc1ccc(C(=O)NC2C=C(CC)CCC2)cc1N=CCCCCC(=O)O. The molecular weight excluding hydrogens is 426 g/mol. The van der Waals surface area contributed by atoms with E-state index in [4.69, 9.17) is 5.11 Å². The van der Waals surface area contributed by atoms with Gasteiger partial charge in [-0.2, -0.15) is 0 Å². The van der Waals surface area contributed by atoms with Gasteiger partial charge in [-0.15, -0.1) is 0 Å². The van der Waals surface area contributed by atoms with Crippen molar-refractivity contribution in [1.82, 2.24) is 5.32 Å². The predicted octanol–water partition coefficient (Wildman–Crippen LogP) is 6.88. The van der Waals surface area contributed by atoms with Crippen LogP contribution in [0.5, 0.6) is 0 Å². The Labute approximate surface area is 203 Å². The van der Waals surface area contributed by atoms with Crippen molar-refractivity contribution in [2.24, 2.45) is 9.98 Å². The molecule has 1 amide bonds. The number of carbonyl (C=O) groups is 2. The first-order valence-corrected chi connectivity index (χ1v) is 12.2. The smallest absolute Gasteiger partial charge is 0.303 e. The molecule has 0 aromatic heterocycles. The molecule has 0 fully saturated rings. The Balaban J connectivity index is 2.12. The Hall–Kier alpha value is -3.28. The Kier molecular flexibility index (Phi) is 12.3. The summed E-state index contributed by atoms with van der Waals surface area (Å²) in [6.07, 6.45) is 20.8. The van der Waals surface area contributed by atoms with Crippen molar-refractivity contribution < 1.29 is 14.7 Å². The number of carboxylic acids is 1. The number of aliphatic carboxylic acids is 1. The van der Waals surface area contributed by atoms with Gasteiger partial charge in [-0.3, -0.25) is 19.6 Å². The average Bonchev–Trinajstić information content (AvgIpc) is 2.83. The van der Waals surface area contributed by atoms with E-state index in [-0.39, 0.29) is 18.4 Å². The van der Waals surface area contributed by atoms with Crippen LogP contribution >= 0.6 is 0 Å². The van der Waals surface area contributed by atoms with Gasteiger partial charge in [0.2, 0.25) is 0 Å². The molecule has 1 aromatic rings. The van der Waals surface area contributed by atoms with Crippen molar-refractivity contribution in [3.63, 3.8) is 0 Å². The molecule has 6 nitrogen and oxygen atoms in total. The number of nitrogens with zero attached hydrogens (tertiary/aromatic N) is 2. The van der Waals surface area contributed by atoms with Gasteiger partial charge in [-0.25, -0.2) is 0 Å². The first-order chi connectivity index (χ1) is 16.5. The van der Waals surface area contributed by atoms with Gasteiger partial charge in [0.25, 0.3) is 5.91 Å². The minimum Gasteiger partial charge on any atom is -0.481 e. The predicted molar refractivity (Wildman–Crippen MR) is 141 cm³/mol. The minimum absolute atomic E-state index is 0.0686. The molecule has 1 aromatic carbocycles. The number of hydrogen-bond acceptors (Lipinski definition) is 4. The van der Waals surface area contributed by atoms with E-state index < -0.39 is 5.97 Å². The Morgan fingerprint density at radius 1 is 1.15 bits per heavy atom. The van der Waals surface area contributed by atoms with Crippen LogP contribution in [-0.2, 0) is 4.79 Å². The van der Waals surface area contributed by atoms with Gasteiger partial charge in [0.1, 0.15) is 0 Å². The third-order valence-corrected chi connectivity index (χ3v) is 5.57. The van der Waals surface area contributed by atoms with Crippen LogP contribution in [0.2, 0.25) is 0 Å². The van der Waals surface area contributed by atoms with Crippen molar-refractivity contribution >= 4 is 35.7 Å². The lowest BCUT2D eigenvalue weighted by atomic mass is 9.94. The second-order valence-corrected chi connectivity index (χ2v) is 8.31. The summed E-state index contributed by atoms with van der Waals surface area (Å²) in [6, 6.07) is 5.46. The lowest BCUT2D eigenvalue weighted by Gasteiger charge is -2.22. The summed E-state index contributed by atoms with van der Waals surface area (Å²) in [5.74, 6) is -0.893. The Morgan fingerprint density at radius 2 is 1.97 bits per heavy atom. The molecule has 1 aliphatic carbocycles. The third-order valence-electron chi connectivity index (χ3n) is 5.57. The molecule has 1 unspecified atom stereocenters. The quantitative estimate of drug-likeness (QED) is 0.145. The number of rotatable bonds is 13. The average molecular weight is 464 g/mol. The summed E-state index contributed by atoms with van der Waals surface area (Å²) in [6.45, 7) is 4.12. The molecular formula is C28H37N3O3. The van der Waals surface area contributed by atoms with Gasteiger partial charge >= 0.3 is 5.97 Å². The zero-order chi connectivity index (χ0) is 24.6. The van der Waals surface area contributed by atoms with E-state index in [1.165, 1.54) is 5.57 Å². The number of carboxylic acid groups (broad SMARTS) is 1. The van der Waals surface area contributed by atoms with E-state index in [0.29, 0.717) is 36.2 Å². The summed E-state index contributed by atoms with van der Waals surface area (Å²) in [5, 5.41) is 11.9. The highest BCUT2D eigenvalue weighted by Gasteiger charge is 2.17. The van der Waals surface area contributed by atoms with E-state index in [2.05, 4.69) is 28.3 Å². The van der Waals surface area contributed by atoms with Crippen LogP contribution in [0.1, 0.15) is 82.0 Å². The van der Waals surface area contributed by atoms with Crippen LogP contribution in [0.25, 0.3) is 0 Å². The largest absolute Gasteiger partial charge is 0.481 e. The van der Waals surface area contributed by atoms with Gasteiger partial charge in [-0.1, -0.05) is 42.9 Å². The molecule has 34 heavy (non-hydrogen) atoms. The first kappa shape index (κ1) is 27.0. The molecule has 1 atom stereocenters. The van der Waals surface area contributed by atoms with Crippen LogP contribution in [0.4, 0.5) is 11.4 Å². The van der Waals surface area contributed by atoms with Gasteiger partial charge in [0, 0.05) is 36.9 Å². The molecule has 6 heteroatoms. The molecule has 1 aliphatic rings. The third kappa shape index (κ3) is 10.1. The monoisotopic (exact) mass is 463 g/mol. The topological polar surface area (TPSA) is 91.1 Å². The van der Waals surface area contributed by atoms with E-state index in [1.54, 1.807) is 18.3 Å². The van der Waals surface area contributed by atoms with Gasteiger partial charge in [-0.05, 0) is 70.1 Å².